The highest BCUT2D eigenvalue weighted by molar-refractivity contribution is 7.16. The van der Waals surface area contributed by atoms with Gasteiger partial charge in [0.1, 0.15) is 11.6 Å². The number of hydrogen-bond donors (Lipinski definition) is 0. The van der Waals surface area contributed by atoms with Crippen molar-refractivity contribution in [1.29, 1.82) is 0 Å². The van der Waals surface area contributed by atoms with Gasteiger partial charge in [-0.05, 0) is 0 Å². The standard InChI is InChI=1S/C14H9F8N5O2S/c1-29-4-7-25-27-10(28)8(9(13(17,18)19)24-11(27)30-7)6-2-23-26(3-6)5-12(15,16)14(20,21)22/h2-3H,4-5H2,1H3. The number of halogens is 8. The topological polar surface area (TPSA) is 74.3 Å². The molecule has 3 heterocycles. The van der Waals surface area contributed by atoms with Crippen LogP contribution in [0.4, 0.5) is 35.1 Å². The van der Waals surface area contributed by atoms with Crippen LogP contribution in [0.2, 0.25) is 0 Å². The number of rotatable bonds is 5. The zero-order valence-electron chi connectivity index (χ0n) is 14.6. The van der Waals surface area contributed by atoms with Crippen LogP contribution in [0.5, 0.6) is 0 Å². The van der Waals surface area contributed by atoms with Crippen LogP contribution in [0.3, 0.4) is 0 Å². The fourth-order valence-electron chi connectivity index (χ4n) is 2.40. The maximum absolute atomic E-state index is 13.5. The van der Waals surface area contributed by atoms with E-state index in [0.717, 1.165) is 0 Å². The Morgan fingerprint density at radius 2 is 1.80 bits per heavy atom. The molecule has 0 bridgehead atoms. The van der Waals surface area contributed by atoms with E-state index < -0.39 is 52.2 Å². The highest BCUT2D eigenvalue weighted by Crippen LogP contribution is 2.38. The minimum Gasteiger partial charge on any atom is -0.377 e. The number of fused-ring (bicyclic) bond motifs is 1. The van der Waals surface area contributed by atoms with Gasteiger partial charge in [-0.2, -0.15) is 49.8 Å². The molecule has 7 nitrogen and oxygen atoms in total. The summed E-state index contributed by atoms with van der Waals surface area (Å²) in [6, 6.07) is 0. The first kappa shape index (κ1) is 22.1. The van der Waals surface area contributed by atoms with Gasteiger partial charge in [-0.15, -0.1) is 0 Å². The lowest BCUT2D eigenvalue weighted by molar-refractivity contribution is -0.287. The van der Waals surface area contributed by atoms with Crippen LogP contribution in [0.1, 0.15) is 10.7 Å². The normalized spacial score (nSPS) is 13.4. The third kappa shape index (κ3) is 4.00. The molecule has 0 aliphatic carbocycles. The molecule has 0 saturated carbocycles. The summed E-state index contributed by atoms with van der Waals surface area (Å²) in [7, 11) is 1.29. The van der Waals surface area contributed by atoms with Crippen molar-refractivity contribution in [2.75, 3.05) is 7.11 Å². The molecule has 0 aliphatic heterocycles. The summed E-state index contributed by atoms with van der Waals surface area (Å²) in [5, 5.41) is 7.14. The second kappa shape index (κ2) is 7.26. The zero-order chi connectivity index (χ0) is 22.5. The summed E-state index contributed by atoms with van der Waals surface area (Å²) >= 11 is 0.657. The van der Waals surface area contributed by atoms with Crippen LogP contribution >= 0.6 is 11.3 Å². The first-order chi connectivity index (χ1) is 13.7. The zero-order valence-corrected chi connectivity index (χ0v) is 15.4. The Balaban J connectivity index is 2.15. The molecule has 0 amide bonds. The van der Waals surface area contributed by atoms with E-state index in [2.05, 4.69) is 15.2 Å². The molecular formula is C14H9F8N5O2S. The van der Waals surface area contributed by atoms with E-state index in [0.29, 0.717) is 28.2 Å². The summed E-state index contributed by atoms with van der Waals surface area (Å²) in [4.78, 5) is 15.6. The molecule has 0 spiro atoms. The van der Waals surface area contributed by atoms with Crippen LogP contribution in [0.25, 0.3) is 16.1 Å². The Morgan fingerprint density at radius 3 is 2.37 bits per heavy atom. The van der Waals surface area contributed by atoms with Gasteiger partial charge in [-0.25, -0.2) is 4.98 Å². The van der Waals surface area contributed by atoms with Gasteiger partial charge in [0.15, 0.2) is 5.69 Å². The van der Waals surface area contributed by atoms with E-state index in [-0.39, 0.29) is 16.3 Å². The minimum absolute atomic E-state index is 0.0919. The second-order valence-electron chi connectivity index (χ2n) is 5.89. The SMILES string of the molecule is COCc1nn2c(=O)c(-c3cnn(CC(F)(F)C(F)(F)F)c3)c(C(F)(F)F)nc2s1. The molecule has 0 radical (unpaired) electrons. The fourth-order valence-corrected chi connectivity index (χ4v) is 3.26. The third-order valence-corrected chi connectivity index (χ3v) is 4.57. The molecular weight excluding hydrogens is 454 g/mol. The summed E-state index contributed by atoms with van der Waals surface area (Å²) < 4.78 is 109. The molecule has 0 aliphatic rings. The maximum Gasteiger partial charge on any atom is 0.455 e. The Bertz CT molecular complexity index is 1130. The van der Waals surface area contributed by atoms with Crippen LogP contribution in [-0.2, 0) is 24.1 Å². The maximum atomic E-state index is 13.5. The molecule has 3 rings (SSSR count). The van der Waals surface area contributed by atoms with Crippen molar-refractivity contribution >= 4 is 16.3 Å². The molecule has 0 N–H and O–H groups in total. The number of methoxy groups -OCH3 is 1. The summed E-state index contributed by atoms with van der Waals surface area (Å²) in [6.45, 7) is -2.10. The van der Waals surface area contributed by atoms with Crippen molar-refractivity contribution in [2.24, 2.45) is 0 Å². The Labute approximate surface area is 164 Å². The van der Waals surface area contributed by atoms with Gasteiger partial charge in [0.25, 0.3) is 5.56 Å². The quantitative estimate of drug-likeness (QED) is 0.543. The predicted octanol–water partition coefficient (Wildman–Crippen LogP) is 3.38. The fraction of sp³-hybridized carbons (Fsp3) is 0.429. The smallest absolute Gasteiger partial charge is 0.377 e. The molecule has 16 heteroatoms. The number of nitrogens with zero attached hydrogens (tertiary/aromatic N) is 5. The lowest BCUT2D eigenvalue weighted by Crippen LogP contribution is -2.40. The largest absolute Gasteiger partial charge is 0.455 e. The third-order valence-electron chi connectivity index (χ3n) is 3.69. The van der Waals surface area contributed by atoms with Gasteiger partial charge in [-0.1, -0.05) is 11.3 Å². The Kier molecular flexibility index (Phi) is 5.34. The van der Waals surface area contributed by atoms with Gasteiger partial charge in [0.05, 0.1) is 18.4 Å². The van der Waals surface area contributed by atoms with Crippen LogP contribution in [0, 0.1) is 0 Å². The van der Waals surface area contributed by atoms with Gasteiger partial charge >= 0.3 is 18.3 Å². The Hall–Kier alpha value is -2.62. The van der Waals surface area contributed by atoms with Crippen LogP contribution in [-0.4, -0.2) is 43.6 Å². The van der Waals surface area contributed by atoms with E-state index in [9.17, 15) is 39.9 Å². The molecule has 0 saturated heterocycles. The van der Waals surface area contributed by atoms with Gasteiger partial charge < -0.3 is 4.74 Å². The van der Waals surface area contributed by atoms with Crippen molar-refractivity contribution in [3.05, 3.63) is 33.4 Å². The average molecular weight is 463 g/mol. The molecule has 0 fully saturated rings. The highest BCUT2D eigenvalue weighted by Gasteiger charge is 2.57. The highest BCUT2D eigenvalue weighted by atomic mass is 32.1. The summed E-state index contributed by atoms with van der Waals surface area (Å²) in [5.41, 5.74) is -4.68. The van der Waals surface area contributed by atoms with Gasteiger partial charge in [0.2, 0.25) is 4.96 Å². The first-order valence-corrected chi connectivity index (χ1v) is 8.52. The number of hydrogen-bond acceptors (Lipinski definition) is 6. The molecule has 0 atom stereocenters. The summed E-state index contributed by atoms with van der Waals surface area (Å²) in [5.74, 6) is -5.19. The van der Waals surface area contributed by atoms with E-state index in [1.165, 1.54) is 7.11 Å². The molecule has 30 heavy (non-hydrogen) atoms. The first-order valence-electron chi connectivity index (χ1n) is 7.71. The van der Waals surface area contributed by atoms with E-state index in [1.54, 1.807) is 0 Å². The van der Waals surface area contributed by atoms with Crippen LogP contribution < -0.4 is 5.56 Å². The molecule has 3 aromatic rings. The van der Waals surface area contributed by atoms with Gasteiger partial charge in [-0.3, -0.25) is 9.48 Å². The van der Waals surface area contributed by atoms with Crippen molar-refractivity contribution in [2.45, 2.75) is 31.4 Å². The van der Waals surface area contributed by atoms with Crippen molar-refractivity contribution in [1.82, 2.24) is 24.4 Å². The second-order valence-corrected chi connectivity index (χ2v) is 6.93. The van der Waals surface area contributed by atoms with E-state index in [4.69, 9.17) is 4.74 Å². The van der Waals surface area contributed by atoms with E-state index >= 15 is 0 Å². The van der Waals surface area contributed by atoms with Crippen LogP contribution in [0.15, 0.2) is 17.2 Å². The van der Waals surface area contributed by atoms with Gasteiger partial charge in [0, 0.05) is 18.9 Å². The predicted molar refractivity (Wildman–Crippen MR) is 85.1 cm³/mol. The van der Waals surface area contributed by atoms with Crippen molar-refractivity contribution < 1.29 is 39.9 Å². The molecule has 3 aromatic heterocycles. The number of alkyl halides is 8. The summed E-state index contributed by atoms with van der Waals surface area (Å²) in [6.07, 6.45) is -9.99. The Morgan fingerprint density at radius 1 is 1.13 bits per heavy atom. The molecule has 0 aromatic carbocycles. The van der Waals surface area contributed by atoms with Crippen molar-refractivity contribution in [3.63, 3.8) is 0 Å². The monoisotopic (exact) mass is 463 g/mol. The minimum atomic E-state index is -5.89. The molecule has 164 valence electrons. The average Bonchev–Trinajstić information content (AvgIpc) is 3.19. The molecule has 0 unspecified atom stereocenters. The number of ether oxygens (including phenoxy) is 1. The lowest BCUT2D eigenvalue weighted by Gasteiger charge is -2.19. The lowest BCUT2D eigenvalue weighted by atomic mass is 10.1. The van der Waals surface area contributed by atoms with E-state index in [1.807, 2.05) is 0 Å². The van der Waals surface area contributed by atoms with Crippen molar-refractivity contribution in [3.8, 4) is 11.1 Å². The number of aromatic nitrogens is 5.